The maximum absolute atomic E-state index is 13.1. The molecule has 566 valence electrons. The molecule has 0 aromatic rings. The molecular formula is C79H138O17P2. The third kappa shape index (κ3) is 70.4. The lowest BCUT2D eigenvalue weighted by Crippen LogP contribution is -2.30. The van der Waals surface area contributed by atoms with Gasteiger partial charge >= 0.3 is 39.5 Å². The Balaban J connectivity index is 5.36. The standard InChI is InChI=1S/C79H138O17P2/c1-5-9-13-17-21-25-29-32-34-35-36-37-39-41-45-48-52-56-60-64-77(82)90-70-75(96-79(84)66-62-58-54-50-46-42-38-33-30-26-22-18-14-10-6-2)72-94-98(87,88)92-68-73(80)67-91-97(85,86)93-71-74(95-78(83)65-61-57-53-49-43-28-24-20-16-12-8-4)69-89-76(81)63-59-55-51-47-44-40-31-27-23-19-15-11-7-3/h9,13,20-22,24-26,32-34,36-38,41,45,73-75,80H,5-8,10-12,14-19,23,27-31,35,39-40,42-44,46-72H2,1-4H3,(H,85,86)(H,87,88)/b13-9-,24-20-,25-21-,26-22-,34-32-,37-36-,38-33-,45-41-. The molecule has 3 N–H and O–H groups in total. The van der Waals surface area contributed by atoms with Gasteiger partial charge in [-0.3, -0.25) is 37.3 Å². The highest BCUT2D eigenvalue weighted by Crippen LogP contribution is 2.45. The fraction of sp³-hybridized carbons (Fsp3) is 0.747. The Labute approximate surface area is 595 Å². The molecule has 0 amide bonds. The smallest absolute Gasteiger partial charge is 0.462 e. The minimum Gasteiger partial charge on any atom is -0.462 e. The van der Waals surface area contributed by atoms with Crippen molar-refractivity contribution in [2.45, 2.75) is 341 Å². The maximum atomic E-state index is 13.1. The summed E-state index contributed by atoms with van der Waals surface area (Å²) in [7, 11) is -9.96. The van der Waals surface area contributed by atoms with Crippen LogP contribution in [0.1, 0.15) is 323 Å². The lowest BCUT2D eigenvalue weighted by Gasteiger charge is -2.21. The van der Waals surface area contributed by atoms with E-state index in [1.165, 1.54) is 89.9 Å². The second-order valence-electron chi connectivity index (χ2n) is 25.6. The highest BCUT2D eigenvalue weighted by Gasteiger charge is 2.30. The summed E-state index contributed by atoms with van der Waals surface area (Å²) < 4.78 is 68.4. The van der Waals surface area contributed by atoms with Crippen LogP contribution in [0.2, 0.25) is 0 Å². The molecule has 0 aliphatic carbocycles. The van der Waals surface area contributed by atoms with Crippen molar-refractivity contribution in [3.8, 4) is 0 Å². The van der Waals surface area contributed by atoms with Gasteiger partial charge in [-0.05, 0) is 122 Å². The second-order valence-corrected chi connectivity index (χ2v) is 28.5. The number of phosphoric acid groups is 2. The largest absolute Gasteiger partial charge is 0.472 e. The molecule has 98 heavy (non-hydrogen) atoms. The molecule has 0 fully saturated rings. The van der Waals surface area contributed by atoms with Crippen molar-refractivity contribution in [2.24, 2.45) is 0 Å². The number of carbonyl (C=O) groups excluding carboxylic acids is 4. The minimum atomic E-state index is -4.98. The van der Waals surface area contributed by atoms with E-state index in [0.717, 1.165) is 154 Å². The van der Waals surface area contributed by atoms with Gasteiger partial charge in [-0.1, -0.05) is 273 Å². The summed E-state index contributed by atoms with van der Waals surface area (Å²) in [5.74, 6) is -2.22. The van der Waals surface area contributed by atoms with Gasteiger partial charge in [0.2, 0.25) is 0 Å². The molecule has 5 atom stereocenters. The molecular weight excluding hydrogens is 1280 g/mol. The first-order valence-corrected chi connectivity index (χ1v) is 41.5. The van der Waals surface area contributed by atoms with Gasteiger partial charge in [-0.25, -0.2) is 9.13 Å². The lowest BCUT2D eigenvalue weighted by atomic mass is 10.0. The predicted octanol–water partition coefficient (Wildman–Crippen LogP) is 22.0. The summed E-state index contributed by atoms with van der Waals surface area (Å²) in [6.07, 6.45) is 74.0. The van der Waals surface area contributed by atoms with E-state index in [1.807, 2.05) is 0 Å². The molecule has 17 nitrogen and oxygen atoms in total. The van der Waals surface area contributed by atoms with E-state index in [9.17, 15) is 43.2 Å². The zero-order valence-corrected chi connectivity index (χ0v) is 63.5. The number of phosphoric ester groups is 2. The normalized spacial score (nSPS) is 14.5. The lowest BCUT2D eigenvalue weighted by molar-refractivity contribution is -0.161. The first-order chi connectivity index (χ1) is 47.7. The van der Waals surface area contributed by atoms with E-state index in [-0.39, 0.29) is 25.7 Å². The third-order valence-electron chi connectivity index (χ3n) is 16.0. The molecule has 0 aromatic carbocycles. The zero-order chi connectivity index (χ0) is 71.8. The third-order valence-corrected chi connectivity index (χ3v) is 17.9. The van der Waals surface area contributed by atoms with Crippen LogP contribution < -0.4 is 0 Å². The van der Waals surface area contributed by atoms with Crippen LogP contribution in [-0.4, -0.2) is 96.7 Å². The van der Waals surface area contributed by atoms with Crippen molar-refractivity contribution in [1.29, 1.82) is 0 Å². The van der Waals surface area contributed by atoms with Crippen molar-refractivity contribution in [3.63, 3.8) is 0 Å². The quantitative estimate of drug-likeness (QED) is 0.0169. The van der Waals surface area contributed by atoms with Crippen LogP contribution in [0.3, 0.4) is 0 Å². The topological polar surface area (TPSA) is 237 Å². The summed E-state index contributed by atoms with van der Waals surface area (Å²) in [6.45, 7) is 4.65. The number of esters is 4. The van der Waals surface area contributed by atoms with Crippen LogP contribution in [0.15, 0.2) is 97.2 Å². The van der Waals surface area contributed by atoms with Crippen molar-refractivity contribution in [1.82, 2.24) is 0 Å². The predicted molar refractivity (Wildman–Crippen MR) is 399 cm³/mol. The second kappa shape index (κ2) is 71.4. The van der Waals surface area contributed by atoms with Gasteiger partial charge < -0.3 is 33.8 Å². The number of aliphatic hydroxyl groups is 1. The van der Waals surface area contributed by atoms with Crippen LogP contribution in [-0.2, 0) is 65.4 Å². The van der Waals surface area contributed by atoms with Gasteiger partial charge in [0.05, 0.1) is 26.4 Å². The van der Waals surface area contributed by atoms with Crippen molar-refractivity contribution >= 4 is 39.5 Å². The average molecular weight is 1420 g/mol. The number of aliphatic hydroxyl groups excluding tert-OH is 1. The molecule has 0 rings (SSSR count). The van der Waals surface area contributed by atoms with Crippen LogP contribution >= 0.6 is 15.6 Å². The Kier molecular flexibility index (Phi) is 68.4. The Morgan fingerprint density at radius 3 is 0.888 bits per heavy atom. The fourth-order valence-corrected chi connectivity index (χ4v) is 11.7. The number of hydrogen-bond acceptors (Lipinski definition) is 15. The van der Waals surface area contributed by atoms with E-state index < -0.39 is 97.5 Å². The van der Waals surface area contributed by atoms with Crippen LogP contribution in [0.4, 0.5) is 0 Å². The van der Waals surface area contributed by atoms with Crippen molar-refractivity contribution in [3.05, 3.63) is 97.2 Å². The van der Waals surface area contributed by atoms with Crippen LogP contribution in [0.5, 0.6) is 0 Å². The molecule has 5 unspecified atom stereocenters. The highest BCUT2D eigenvalue weighted by atomic mass is 31.2. The molecule has 0 aliphatic heterocycles. The van der Waals surface area contributed by atoms with E-state index in [0.29, 0.717) is 25.7 Å². The van der Waals surface area contributed by atoms with Gasteiger partial charge in [0.1, 0.15) is 19.3 Å². The molecule has 0 radical (unpaired) electrons. The Hall–Kier alpha value is -4.02. The summed E-state index contributed by atoms with van der Waals surface area (Å²) in [5.41, 5.74) is 0. The zero-order valence-electron chi connectivity index (χ0n) is 61.7. The fourth-order valence-electron chi connectivity index (χ4n) is 10.1. The average Bonchev–Trinajstić information content (AvgIpc) is 0.992. The number of hydrogen-bond donors (Lipinski definition) is 3. The van der Waals surface area contributed by atoms with Gasteiger partial charge in [0.15, 0.2) is 12.2 Å². The summed E-state index contributed by atoms with van der Waals surface area (Å²) >= 11 is 0. The van der Waals surface area contributed by atoms with E-state index in [4.69, 9.17) is 37.0 Å². The Morgan fingerprint density at radius 2 is 0.541 bits per heavy atom. The Morgan fingerprint density at radius 1 is 0.296 bits per heavy atom. The summed E-state index contributed by atoms with van der Waals surface area (Å²) in [6, 6.07) is 0. The summed E-state index contributed by atoms with van der Waals surface area (Å²) in [5, 5.41) is 10.6. The first kappa shape index (κ1) is 94.0. The number of unbranched alkanes of at least 4 members (excludes halogenated alkanes) is 30. The van der Waals surface area contributed by atoms with Crippen LogP contribution in [0.25, 0.3) is 0 Å². The van der Waals surface area contributed by atoms with Gasteiger partial charge in [0.25, 0.3) is 0 Å². The molecule has 0 saturated carbocycles. The van der Waals surface area contributed by atoms with Gasteiger partial charge in [-0.15, -0.1) is 0 Å². The number of carbonyl (C=O) groups is 4. The molecule has 0 spiro atoms. The van der Waals surface area contributed by atoms with Crippen molar-refractivity contribution in [2.75, 3.05) is 39.6 Å². The monoisotopic (exact) mass is 1420 g/mol. The van der Waals surface area contributed by atoms with Gasteiger partial charge in [0, 0.05) is 25.7 Å². The van der Waals surface area contributed by atoms with Gasteiger partial charge in [-0.2, -0.15) is 0 Å². The van der Waals surface area contributed by atoms with Crippen LogP contribution in [0, 0.1) is 0 Å². The number of ether oxygens (including phenoxy) is 4. The minimum absolute atomic E-state index is 0.0710. The summed E-state index contributed by atoms with van der Waals surface area (Å²) in [4.78, 5) is 72.8. The number of allylic oxidation sites excluding steroid dienone is 16. The maximum Gasteiger partial charge on any atom is 0.472 e. The first-order valence-electron chi connectivity index (χ1n) is 38.5. The Bertz CT molecular complexity index is 2240. The highest BCUT2D eigenvalue weighted by molar-refractivity contribution is 7.47. The molecule has 0 aliphatic rings. The van der Waals surface area contributed by atoms with E-state index in [1.54, 1.807) is 0 Å². The van der Waals surface area contributed by atoms with E-state index in [2.05, 4.69) is 125 Å². The molecule has 0 aromatic heterocycles. The molecule has 0 saturated heterocycles. The van der Waals surface area contributed by atoms with Crippen molar-refractivity contribution < 1.29 is 80.2 Å². The SMILES string of the molecule is CC/C=C\C/C=C\C/C=C\C/C=C\C/C=C\CCCCCC(=O)OCC(COP(=O)(O)OCC(O)COP(=O)(O)OCC(COC(=O)CCCCCCCCCCCCCCC)OC(=O)CCCCCCC/C=C\CCCC)OC(=O)CCCCCCC/C=C\C/C=C\CCCCC. The molecule has 0 bridgehead atoms. The molecule has 0 heterocycles. The van der Waals surface area contributed by atoms with E-state index >= 15 is 0 Å². The number of rotatable bonds is 72. The molecule has 19 heteroatoms.